The van der Waals surface area contributed by atoms with Gasteiger partial charge in [-0.2, -0.15) is 0 Å². The van der Waals surface area contributed by atoms with Crippen LogP contribution in [0.1, 0.15) is 10.4 Å². The molecule has 2 aromatic carbocycles. The van der Waals surface area contributed by atoms with Crippen molar-refractivity contribution in [2.45, 2.75) is 0 Å². The zero-order valence-electron chi connectivity index (χ0n) is 10.9. The van der Waals surface area contributed by atoms with Crippen LogP contribution in [0.15, 0.2) is 34.8 Å². The van der Waals surface area contributed by atoms with Crippen molar-refractivity contribution >= 4 is 33.2 Å². The predicted octanol–water partition coefficient (Wildman–Crippen LogP) is 3.57. The Hall–Kier alpha value is -2.15. The van der Waals surface area contributed by atoms with E-state index < -0.39 is 23.1 Å². The number of methoxy groups -OCH3 is 1. The molecule has 2 aromatic rings. The van der Waals surface area contributed by atoms with E-state index in [0.29, 0.717) is 11.4 Å². The summed E-state index contributed by atoms with van der Waals surface area (Å²) in [5.41, 5.74) is 5.62. The molecule has 0 saturated heterocycles. The number of rotatable bonds is 3. The highest BCUT2D eigenvalue weighted by Gasteiger charge is 2.19. The van der Waals surface area contributed by atoms with Gasteiger partial charge in [0.15, 0.2) is 0 Å². The summed E-state index contributed by atoms with van der Waals surface area (Å²) in [6.07, 6.45) is 0. The molecule has 3 N–H and O–H groups in total. The third-order valence-electron chi connectivity index (χ3n) is 2.71. The van der Waals surface area contributed by atoms with Crippen LogP contribution in [0, 0.1) is 11.6 Å². The van der Waals surface area contributed by atoms with Crippen LogP contribution >= 0.6 is 15.9 Å². The lowest BCUT2D eigenvalue weighted by Gasteiger charge is -2.11. The number of amides is 1. The minimum Gasteiger partial charge on any atom is -0.494 e. The van der Waals surface area contributed by atoms with Crippen LogP contribution in [0.25, 0.3) is 0 Å². The van der Waals surface area contributed by atoms with Gasteiger partial charge in [-0.1, -0.05) is 15.9 Å². The van der Waals surface area contributed by atoms with Gasteiger partial charge in [0, 0.05) is 16.2 Å². The smallest absolute Gasteiger partial charge is 0.261 e. The van der Waals surface area contributed by atoms with Crippen molar-refractivity contribution in [3.8, 4) is 5.75 Å². The molecule has 0 saturated carbocycles. The monoisotopic (exact) mass is 356 g/mol. The Kier molecular flexibility index (Phi) is 4.42. The first-order chi connectivity index (χ1) is 9.92. The molecule has 0 atom stereocenters. The lowest BCUT2D eigenvalue weighted by molar-refractivity contribution is 0.101. The van der Waals surface area contributed by atoms with Crippen LogP contribution in [0.5, 0.6) is 5.75 Å². The molecular formula is C14H11BrF2N2O2. The third kappa shape index (κ3) is 3.30. The van der Waals surface area contributed by atoms with Gasteiger partial charge in [0.2, 0.25) is 0 Å². The van der Waals surface area contributed by atoms with Gasteiger partial charge in [0.25, 0.3) is 5.91 Å². The molecule has 0 aliphatic heterocycles. The number of benzene rings is 2. The summed E-state index contributed by atoms with van der Waals surface area (Å²) in [5.74, 6) is -2.55. The van der Waals surface area contributed by atoms with Crippen molar-refractivity contribution in [2.24, 2.45) is 0 Å². The van der Waals surface area contributed by atoms with E-state index in [2.05, 4.69) is 21.2 Å². The van der Waals surface area contributed by atoms with E-state index in [0.717, 1.165) is 12.1 Å². The second kappa shape index (κ2) is 6.09. The van der Waals surface area contributed by atoms with E-state index in [1.807, 2.05) is 0 Å². The molecule has 4 nitrogen and oxygen atoms in total. The molecule has 0 radical (unpaired) electrons. The minimum absolute atomic E-state index is 0.208. The normalized spacial score (nSPS) is 10.3. The zero-order chi connectivity index (χ0) is 15.6. The van der Waals surface area contributed by atoms with E-state index in [1.54, 1.807) is 0 Å². The highest BCUT2D eigenvalue weighted by Crippen LogP contribution is 2.28. The Balaban J connectivity index is 2.35. The number of carbonyl (C=O) groups is 1. The number of nitrogen functional groups attached to an aromatic ring is 1. The Morgan fingerprint density at radius 3 is 2.43 bits per heavy atom. The number of carbonyl (C=O) groups excluding carboxylic acids is 1. The van der Waals surface area contributed by atoms with Crippen LogP contribution in [0.2, 0.25) is 0 Å². The molecule has 7 heteroatoms. The van der Waals surface area contributed by atoms with E-state index in [4.69, 9.17) is 10.5 Å². The Labute approximate surface area is 128 Å². The van der Waals surface area contributed by atoms with Crippen molar-refractivity contribution in [2.75, 3.05) is 18.2 Å². The van der Waals surface area contributed by atoms with Gasteiger partial charge in [-0.15, -0.1) is 0 Å². The highest BCUT2D eigenvalue weighted by atomic mass is 79.9. The first kappa shape index (κ1) is 15.2. The quantitative estimate of drug-likeness (QED) is 0.826. The van der Waals surface area contributed by atoms with Crippen LogP contribution < -0.4 is 15.8 Å². The second-order valence-corrected chi connectivity index (χ2v) is 5.07. The maximum atomic E-state index is 13.7. The fourth-order valence-electron chi connectivity index (χ4n) is 1.76. The van der Waals surface area contributed by atoms with E-state index in [1.165, 1.54) is 25.3 Å². The molecule has 0 bridgehead atoms. The third-order valence-corrected chi connectivity index (χ3v) is 3.17. The van der Waals surface area contributed by atoms with Gasteiger partial charge in [0.1, 0.15) is 22.9 Å². The first-order valence-corrected chi connectivity index (χ1v) is 6.61. The Bertz CT molecular complexity index is 684. The average Bonchev–Trinajstić information content (AvgIpc) is 2.39. The SMILES string of the molecule is COc1cc(N)ccc1NC(=O)c1c(F)cc(Br)cc1F. The second-order valence-electron chi connectivity index (χ2n) is 4.16. The van der Waals surface area contributed by atoms with Gasteiger partial charge < -0.3 is 15.8 Å². The van der Waals surface area contributed by atoms with Crippen molar-refractivity contribution in [1.29, 1.82) is 0 Å². The van der Waals surface area contributed by atoms with Crippen molar-refractivity contribution in [1.82, 2.24) is 0 Å². The summed E-state index contributed by atoms with van der Waals surface area (Å²) in [7, 11) is 1.39. The molecule has 0 fully saturated rings. The van der Waals surface area contributed by atoms with E-state index in [-0.39, 0.29) is 10.2 Å². The van der Waals surface area contributed by atoms with E-state index in [9.17, 15) is 13.6 Å². The van der Waals surface area contributed by atoms with Gasteiger partial charge in [-0.05, 0) is 24.3 Å². The zero-order valence-corrected chi connectivity index (χ0v) is 12.5. The lowest BCUT2D eigenvalue weighted by Crippen LogP contribution is -2.16. The molecule has 2 rings (SSSR count). The van der Waals surface area contributed by atoms with Gasteiger partial charge in [-0.25, -0.2) is 8.78 Å². The number of hydrogen-bond donors (Lipinski definition) is 2. The molecule has 0 aromatic heterocycles. The molecular weight excluding hydrogens is 346 g/mol. The lowest BCUT2D eigenvalue weighted by atomic mass is 10.1. The van der Waals surface area contributed by atoms with Crippen LogP contribution in [0.4, 0.5) is 20.2 Å². The summed E-state index contributed by atoms with van der Waals surface area (Å²) >= 11 is 2.95. The number of ether oxygens (including phenoxy) is 1. The number of nitrogens with one attached hydrogen (secondary N) is 1. The first-order valence-electron chi connectivity index (χ1n) is 5.81. The molecule has 110 valence electrons. The van der Waals surface area contributed by atoms with Crippen LogP contribution in [-0.4, -0.2) is 13.0 Å². The van der Waals surface area contributed by atoms with Gasteiger partial charge in [-0.3, -0.25) is 4.79 Å². The fraction of sp³-hybridized carbons (Fsp3) is 0.0714. The molecule has 0 spiro atoms. The average molecular weight is 357 g/mol. The largest absolute Gasteiger partial charge is 0.494 e. The van der Waals surface area contributed by atoms with Crippen LogP contribution in [0.3, 0.4) is 0 Å². The summed E-state index contributed by atoms with van der Waals surface area (Å²) < 4.78 is 32.7. The van der Waals surface area contributed by atoms with Gasteiger partial charge >= 0.3 is 0 Å². The minimum atomic E-state index is -0.964. The topological polar surface area (TPSA) is 64.3 Å². The molecule has 0 unspecified atom stereocenters. The molecule has 0 aliphatic rings. The summed E-state index contributed by atoms with van der Waals surface area (Å²) in [6, 6.07) is 6.54. The highest BCUT2D eigenvalue weighted by molar-refractivity contribution is 9.10. The number of halogens is 3. The van der Waals surface area contributed by atoms with E-state index >= 15 is 0 Å². The molecule has 0 aliphatic carbocycles. The fourth-order valence-corrected chi connectivity index (χ4v) is 2.16. The van der Waals surface area contributed by atoms with Crippen molar-refractivity contribution in [3.05, 3.63) is 52.0 Å². The standard InChI is InChI=1S/C14H11BrF2N2O2/c1-21-12-6-8(18)2-3-11(12)19-14(20)13-9(16)4-7(15)5-10(13)17/h2-6H,18H2,1H3,(H,19,20). The molecule has 0 heterocycles. The summed E-state index contributed by atoms with van der Waals surface area (Å²) in [4.78, 5) is 12.0. The summed E-state index contributed by atoms with van der Waals surface area (Å²) in [5, 5.41) is 2.39. The number of anilines is 2. The Morgan fingerprint density at radius 2 is 1.86 bits per heavy atom. The van der Waals surface area contributed by atoms with Crippen LogP contribution in [-0.2, 0) is 0 Å². The van der Waals surface area contributed by atoms with Gasteiger partial charge in [0.05, 0.1) is 12.8 Å². The maximum absolute atomic E-state index is 13.7. The summed E-state index contributed by atoms with van der Waals surface area (Å²) in [6.45, 7) is 0. The van der Waals surface area contributed by atoms with Crippen molar-refractivity contribution < 1.29 is 18.3 Å². The number of hydrogen-bond acceptors (Lipinski definition) is 3. The molecule has 21 heavy (non-hydrogen) atoms. The van der Waals surface area contributed by atoms with Crippen molar-refractivity contribution in [3.63, 3.8) is 0 Å². The maximum Gasteiger partial charge on any atom is 0.261 e. The molecule has 1 amide bonds. The predicted molar refractivity (Wildman–Crippen MR) is 79.4 cm³/mol. The number of nitrogens with two attached hydrogens (primary N) is 1. The Morgan fingerprint density at radius 1 is 1.24 bits per heavy atom.